The number of nitrogens with zero attached hydrogens (tertiary/aromatic N) is 4. The fourth-order valence-electron chi connectivity index (χ4n) is 4.73. The Hall–Kier alpha value is -4.75. The SMILES string of the molecule is O=C1c2ccccc2C(=O)N1N1N=[C]N(C(c2ccccc2)(c2ccccc2)c2ccccc2)N1. The molecule has 6 rings (SSSR count). The molecule has 0 spiro atoms. The normalized spacial score (nSPS) is 15.1. The smallest absolute Gasteiger partial charge is 0.267 e. The molecule has 0 atom stereocenters. The third-order valence-electron chi connectivity index (χ3n) is 6.30. The first-order valence-corrected chi connectivity index (χ1v) is 11.2. The average Bonchev–Trinajstić information content (AvgIpc) is 3.50. The van der Waals surface area contributed by atoms with E-state index in [1.54, 1.807) is 29.3 Å². The Balaban J connectivity index is 1.47. The van der Waals surface area contributed by atoms with Gasteiger partial charge in [0, 0.05) is 0 Å². The lowest BCUT2D eigenvalue weighted by atomic mass is 9.76. The molecule has 0 aliphatic carbocycles. The van der Waals surface area contributed by atoms with Gasteiger partial charge in [-0.2, -0.15) is 0 Å². The minimum absolute atomic E-state index is 0.341. The van der Waals surface area contributed by atoms with Gasteiger partial charge in [-0.05, 0) is 28.8 Å². The third kappa shape index (κ3) is 3.13. The molecule has 0 saturated heterocycles. The second-order valence-corrected chi connectivity index (χ2v) is 8.20. The molecule has 35 heavy (non-hydrogen) atoms. The van der Waals surface area contributed by atoms with Crippen LogP contribution in [-0.2, 0) is 5.54 Å². The maximum Gasteiger partial charge on any atom is 0.283 e. The number of hydrazone groups is 1. The molecule has 2 amide bonds. The van der Waals surface area contributed by atoms with E-state index in [1.165, 1.54) is 0 Å². The predicted molar refractivity (Wildman–Crippen MR) is 130 cm³/mol. The van der Waals surface area contributed by atoms with Crippen LogP contribution in [0.3, 0.4) is 0 Å². The molecule has 2 aliphatic heterocycles. The number of benzene rings is 4. The molecule has 0 saturated carbocycles. The molecular weight excluding hydrogens is 438 g/mol. The number of hydrogen-bond acceptors (Lipinski definition) is 6. The zero-order valence-electron chi connectivity index (χ0n) is 18.6. The highest BCUT2D eigenvalue weighted by Crippen LogP contribution is 2.42. The van der Waals surface area contributed by atoms with Gasteiger partial charge in [0.1, 0.15) is 5.54 Å². The van der Waals surface area contributed by atoms with E-state index in [0.717, 1.165) is 26.9 Å². The van der Waals surface area contributed by atoms with Crippen LogP contribution < -0.4 is 5.53 Å². The first kappa shape index (κ1) is 20.8. The van der Waals surface area contributed by atoms with Gasteiger partial charge in [-0.3, -0.25) is 9.59 Å². The van der Waals surface area contributed by atoms with E-state index in [4.69, 9.17) is 0 Å². The van der Waals surface area contributed by atoms with E-state index in [0.29, 0.717) is 11.1 Å². The summed E-state index contributed by atoms with van der Waals surface area (Å²) >= 11 is 0. The summed E-state index contributed by atoms with van der Waals surface area (Å²) in [6, 6.07) is 36.7. The third-order valence-corrected chi connectivity index (χ3v) is 6.30. The van der Waals surface area contributed by atoms with Crippen molar-refractivity contribution in [2.45, 2.75) is 5.54 Å². The minimum Gasteiger partial charge on any atom is -0.267 e. The Morgan fingerprint density at radius 2 is 1.00 bits per heavy atom. The van der Waals surface area contributed by atoms with E-state index >= 15 is 0 Å². The van der Waals surface area contributed by atoms with E-state index < -0.39 is 17.4 Å². The second kappa shape index (κ2) is 8.23. The Morgan fingerprint density at radius 1 is 0.600 bits per heavy atom. The lowest BCUT2D eigenvalue weighted by Crippen LogP contribution is -2.58. The van der Waals surface area contributed by atoms with Crippen LogP contribution in [0.25, 0.3) is 0 Å². The number of carbonyl (C=O) groups is 2. The monoisotopic (exact) mass is 458 g/mol. The Bertz CT molecular complexity index is 1290. The predicted octanol–water partition coefficient (Wildman–Crippen LogP) is 4.05. The molecule has 7 heteroatoms. The maximum absolute atomic E-state index is 13.1. The lowest BCUT2D eigenvalue weighted by Gasteiger charge is -2.42. The van der Waals surface area contributed by atoms with Gasteiger partial charge in [-0.1, -0.05) is 108 Å². The summed E-state index contributed by atoms with van der Waals surface area (Å²) in [5.74, 6) is -0.898. The van der Waals surface area contributed by atoms with E-state index in [-0.39, 0.29) is 0 Å². The van der Waals surface area contributed by atoms with Gasteiger partial charge in [0.25, 0.3) is 11.8 Å². The summed E-state index contributed by atoms with van der Waals surface area (Å²) in [4.78, 5) is 26.2. The molecule has 0 bridgehead atoms. The van der Waals surface area contributed by atoms with E-state index in [9.17, 15) is 9.59 Å². The number of rotatable bonds is 5. The Kier molecular flexibility index (Phi) is 4.90. The molecule has 0 unspecified atom stereocenters. The summed E-state index contributed by atoms with van der Waals surface area (Å²) < 4.78 is 0. The van der Waals surface area contributed by atoms with Crippen molar-refractivity contribution in [3.8, 4) is 0 Å². The summed E-state index contributed by atoms with van der Waals surface area (Å²) in [5.41, 5.74) is 5.78. The number of hydrogen-bond donors (Lipinski definition) is 1. The van der Waals surface area contributed by atoms with Gasteiger partial charge in [0.2, 0.25) is 6.34 Å². The highest BCUT2D eigenvalue weighted by Gasteiger charge is 2.47. The van der Waals surface area contributed by atoms with Crippen molar-refractivity contribution in [2.75, 3.05) is 0 Å². The molecule has 0 fully saturated rings. The first-order valence-electron chi connectivity index (χ1n) is 11.2. The molecule has 2 aliphatic rings. The van der Waals surface area contributed by atoms with Crippen molar-refractivity contribution < 1.29 is 9.59 Å². The van der Waals surface area contributed by atoms with Crippen molar-refractivity contribution in [1.82, 2.24) is 20.8 Å². The number of fused-ring (bicyclic) bond motifs is 1. The number of hydrazine groups is 3. The topological polar surface area (TPSA) is 68.2 Å². The summed E-state index contributed by atoms with van der Waals surface area (Å²) in [5, 5.41) is 8.15. The number of imide groups is 1. The molecule has 2 heterocycles. The van der Waals surface area contributed by atoms with Crippen molar-refractivity contribution >= 4 is 18.2 Å². The average molecular weight is 459 g/mol. The minimum atomic E-state index is -0.902. The van der Waals surface area contributed by atoms with Crippen molar-refractivity contribution in [1.29, 1.82) is 0 Å². The van der Waals surface area contributed by atoms with Gasteiger partial charge < -0.3 is 0 Å². The zero-order valence-corrected chi connectivity index (χ0v) is 18.6. The first-order chi connectivity index (χ1) is 17.2. The largest absolute Gasteiger partial charge is 0.283 e. The summed E-state index contributed by atoms with van der Waals surface area (Å²) in [6.45, 7) is 0. The number of nitrogens with one attached hydrogen (secondary N) is 1. The van der Waals surface area contributed by atoms with Crippen molar-refractivity contribution in [2.24, 2.45) is 5.10 Å². The molecule has 7 nitrogen and oxygen atoms in total. The van der Waals surface area contributed by atoms with Crippen LogP contribution in [0, 0.1) is 0 Å². The van der Waals surface area contributed by atoms with Crippen LogP contribution in [0.15, 0.2) is 120 Å². The zero-order chi connectivity index (χ0) is 23.8. The number of amides is 2. The van der Waals surface area contributed by atoms with Gasteiger partial charge in [-0.15, -0.1) is 15.6 Å². The molecular formula is C28H20N5O2. The van der Waals surface area contributed by atoms with Gasteiger partial charge in [0.05, 0.1) is 11.1 Å². The Labute approximate surface area is 202 Å². The standard InChI is InChI=1S/C28H20N5O2/c34-26-24-18-10-11-19-25(24)27(35)32(26)33-29-20-31(30-33)28(21-12-4-1-5-13-21,22-14-6-2-7-15-22)23-16-8-3-9-17-23/h1-19,30H. The van der Waals surface area contributed by atoms with Crippen LogP contribution in [-0.4, -0.2) is 33.4 Å². The molecule has 4 aromatic rings. The molecule has 1 N–H and O–H groups in total. The lowest BCUT2D eigenvalue weighted by molar-refractivity contribution is -0.0597. The van der Waals surface area contributed by atoms with E-state index in [2.05, 4.69) is 17.0 Å². The van der Waals surface area contributed by atoms with Crippen molar-refractivity contribution in [3.05, 3.63) is 143 Å². The fraction of sp³-hybridized carbons (Fsp3) is 0.0357. The fourth-order valence-corrected chi connectivity index (χ4v) is 4.73. The highest BCUT2D eigenvalue weighted by molar-refractivity contribution is 6.20. The summed E-state index contributed by atoms with van der Waals surface area (Å²) in [6.07, 6.45) is 3.01. The summed E-state index contributed by atoms with van der Waals surface area (Å²) in [7, 11) is 0. The molecule has 4 aromatic carbocycles. The van der Waals surface area contributed by atoms with Crippen molar-refractivity contribution in [3.63, 3.8) is 0 Å². The molecule has 169 valence electrons. The van der Waals surface area contributed by atoms with Crippen LogP contribution >= 0.6 is 0 Å². The highest BCUT2D eigenvalue weighted by atomic mass is 16.2. The van der Waals surface area contributed by atoms with E-state index in [1.807, 2.05) is 91.0 Å². The number of carbonyl (C=O) groups excluding carboxylic acids is 2. The van der Waals surface area contributed by atoms with Gasteiger partial charge in [-0.25, -0.2) is 5.01 Å². The van der Waals surface area contributed by atoms with Crippen LogP contribution in [0.2, 0.25) is 0 Å². The molecule has 0 aromatic heterocycles. The maximum atomic E-state index is 13.1. The Morgan fingerprint density at radius 3 is 1.43 bits per heavy atom. The van der Waals surface area contributed by atoms with Crippen LogP contribution in [0.5, 0.6) is 0 Å². The van der Waals surface area contributed by atoms with Gasteiger partial charge >= 0.3 is 0 Å². The van der Waals surface area contributed by atoms with Gasteiger partial charge in [0.15, 0.2) is 0 Å². The van der Waals surface area contributed by atoms with Crippen LogP contribution in [0.4, 0.5) is 0 Å². The van der Waals surface area contributed by atoms with Crippen LogP contribution in [0.1, 0.15) is 37.4 Å². The molecule has 1 radical (unpaired) electrons. The quantitative estimate of drug-likeness (QED) is 0.361. The second-order valence-electron chi connectivity index (χ2n) is 8.20.